The number of hydrogen-bond donors (Lipinski definition) is 0. The average Bonchev–Trinajstić information content (AvgIpc) is 2.94. The van der Waals surface area contributed by atoms with Crippen molar-refractivity contribution >= 4 is 11.6 Å². The highest BCUT2D eigenvalue weighted by atomic mass is 35.5. The van der Waals surface area contributed by atoms with Gasteiger partial charge in [-0.3, -0.25) is 14.4 Å². The molecule has 0 spiro atoms. The van der Waals surface area contributed by atoms with E-state index in [-0.39, 0.29) is 5.56 Å². The third kappa shape index (κ3) is 3.62. The lowest BCUT2D eigenvalue weighted by Gasteiger charge is -2.26. The van der Waals surface area contributed by atoms with Crippen LogP contribution in [0.5, 0.6) is 0 Å². The molecule has 0 fully saturated rings. The van der Waals surface area contributed by atoms with E-state index in [1.165, 1.54) is 0 Å². The summed E-state index contributed by atoms with van der Waals surface area (Å²) in [7, 11) is 1.96. The van der Waals surface area contributed by atoms with Crippen molar-refractivity contribution in [3.63, 3.8) is 0 Å². The lowest BCUT2D eigenvalue weighted by molar-refractivity contribution is 0.242. The van der Waals surface area contributed by atoms with E-state index >= 15 is 0 Å². The van der Waals surface area contributed by atoms with Crippen LogP contribution in [0.2, 0.25) is 5.02 Å². The number of halogens is 1. The second-order valence-corrected chi connectivity index (χ2v) is 7.65. The standard InChI is InChI=1S/C22H21ClN4O/c1-25-21-9-10-26(13-18-4-2-3-17(11-18)12-24)15-20(21)22(28)27(25)14-16-5-7-19(23)8-6-16/h2-8,11H,9-10,13-15H2,1H3. The maximum Gasteiger partial charge on any atom is 0.271 e. The van der Waals surface area contributed by atoms with Gasteiger partial charge in [0.2, 0.25) is 0 Å². The van der Waals surface area contributed by atoms with Gasteiger partial charge in [0.05, 0.1) is 23.7 Å². The first kappa shape index (κ1) is 18.5. The van der Waals surface area contributed by atoms with Crippen molar-refractivity contribution < 1.29 is 0 Å². The van der Waals surface area contributed by atoms with Gasteiger partial charge in [0.15, 0.2) is 0 Å². The van der Waals surface area contributed by atoms with E-state index in [1.54, 1.807) is 4.68 Å². The fourth-order valence-electron chi connectivity index (χ4n) is 3.87. The number of rotatable bonds is 4. The molecule has 0 atom stereocenters. The van der Waals surface area contributed by atoms with Gasteiger partial charge in [-0.05, 0) is 35.4 Å². The first-order valence-corrected chi connectivity index (χ1v) is 9.66. The minimum Gasteiger partial charge on any atom is -0.294 e. The molecule has 0 unspecified atom stereocenters. The molecule has 0 saturated carbocycles. The Labute approximate surface area is 169 Å². The molecule has 1 aliphatic rings. The number of nitriles is 1. The van der Waals surface area contributed by atoms with Crippen molar-refractivity contribution in [1.82, 2.24) is 14.3 Å². The highest BCUT2D eigenvalue weighted by Crippen LogP contribution is 2.19. The van der Waals surface area contributed by atoms with Gasteiger partial charge >= 0.3 is 0 Å². The Kier molecular flexibility index (Phi) is 5.08. The Bertz CT molecular complexity index is 1110. The molecule has 0 saturated heterocycles. The summed E-state index contributed by atoms with van der Waals surface area (Å²) in [6.07, 6.45) is 0.840. The van der Waals surface area contributed by atoms with Crippen LogP contribution in [0.3, 0.4) is 0 Å². The summed E-state index contributed by atoms with van der Waals surface area (Å²) >= 11 is 5.96. The predicted octanol–water partition coefficient (Wildman–Crippen LogP) is 3.32. The van der Waals surface area contributed by atoms with Crippen molar-refractivity contribution in [2.45, 2.75) is 26.1 Å². The van der Waals surface area contributed by atoms with Gasteiger partial charge in [-0.1, -0.05) is 35.9 Å². The van der Waals surface area contributed by atoms with E-state index in [2.05, 4.69) is 11.0 Å². The zero-order valence-electron chi connectivity index (χ0n) is 15.7. The second kappa shape index (κ2) is 7.67. The number of hydrogen-bond acceptors (Lipinski definition) is 3. The van der Waals surface area contributed by atoms with Crippen molar-refractivity contribution in [3.05, 3.63) is 91.9 Å². The molecular formula is C22H21ClN4O. The van der Waals surface area contributed by atoms with Crippen LogP contribution in [0.4, 0.5) is 0 Å². The summed E-state index contributed by atoms with van der Waals surface area (Å²) in [5, 5.41) is 9.78. The first-order chi connectivity index (χ1) is 13.5. The van der Waals surface area contributed by atoms with E-state index in [0.717, 1.165) is 41.9 Å². The maximum atomic E-state index is 13.1. The lowest BCUT2D eigenvalue weighted by Crippen LogP contribution is -2.32. The van der Waals surface area contributed by atoms with Crippen LogP contribution in [-0.4, -0.2) is 20.8 Å². The van der Waals surface area contributed by atoms with Gasteiger partial charge in [-0.2, -0.15) is 5.26 Å². The number of aromatic nitrogens is 2. The van der Waals surface area contributed by atoms with Crippen LogP contribution < -0.4 is 5.56 Å². The molecule has 5 nitrogen and oxygen atoms in total. The highest BCUT2D eigenvalue weighted by molar-refractivity contribution is 6.30. The van der Waals surface area contributed by atoms with Gasteiger partial charge < -0.3 is 0 Å². The molecular weight excluding hydrogens is 372 g/mol. The number of fused-ring (bicyclic) bond motifs is 1. The average molecular weight is 393 g/mol. The third-order valence-corrected chi connectivity index (χ3v) is 5.60. The number of benzene rings is 2. The van der Waals surface area contributed by atoms with Crippen LogP contribution in [0.1, 0.15) is 27.9 Å². The molecule has 0 bridgehead atoms. The summed E-state index contributed by atoms with van der Waals surface area (Å²) < 4.78 is 3.80. The summed E-state index contributed by atoms with van der Waals surface area (Å²) in [5.74, 6) is 0. The van der Waals surface area contributed by atoms with Gasteiger partial charge in [-0.25, -0.2) is 4.68 Å². The summed E-state index contributed by atoms with van der Waals surface area (Å²) in [4.78, 5) is 15.3. The largest absolute Gasteiger partial charge is 0.294 e. The normalized spacial score (nSPS) is 13.9. The van der Waals surface area contributed by atoms with Gasteiger partial charge in [0.25, 0.3) is 5.56 Å². The fraction of sp³-hybridized carbons (Fsp3) is 0.273. The minimum absolute atomic E-state index is 0.0722. The summed E-state index contributed by atoms with van der Waals surface area (Å²) in [6.45, 7) is 2.79. The quantitative estimate of drug-likeness (QED) is 0.684. The van der Waals surface area contributed by atoms with Gasteiger partial charge in [-0.15, -0.1) is 0 Å². The van der Waals surface area contributed by atoms with Crippen LogP contribution in [0.15, 0.2) is 53.3 Å². The van der Waals surface area contributed by atoms with E-state index in [4.69, 9.17) is 16.9 Å². The van der Waals surface area contributed by atoms with Crippen LogP contribution in [0.25, 0.3) is 0 Å². The molecule has 28 heavy (non-hydrogen) atoms. The van der Waals surface area contributed by atoms with Gasteiger partial charge in [0.1, 0.15) is 0 Å². The fourth-order valence-corrected chi connectivity index (χ4v) is 3.99. The topological polar surface area (TPSA) is 54.0 Å². The molecule has 6 heteroatoms. The Balaban J connectivity index is 1.56. The Hall–Kier alpha value is -2.81. The van der Waals surface area contributed by atoms with E-state index in [1.807, 2.05) is 60.3 Å². The number of nitrogens with zero attached hydrogens (tertiary/aromatic N) is 4. The Morgan fingerprint density at radius 2 is 1.89 bits per heavy atom. The molecule has 3 aromatic rings. The molecule has 1 aromatic heterocycles. The molecule has 0 aliphatic carbocycles. The molecule has 2 heterocycles. The second-order valence-electron chi connectivity index (χ2n) is 7.21. The van der Waals surface area contributed by atoms with Crippen molar-refractivity contribution in [3.8, 4) is 6.07 Å². The van der Waals surface area contributed by atoms with E-state index < -0.39 is 0 Å². The van der Waals surface area contributed by atoms with Crippen molar-refractivity contribution in [1.29, 1.82) is 5.26 Å². The molecule has 0 amide bonds. The van der Waals surface area contributed by atoms with Crippen LogP contribution >= 0.6 is 11.6 Å². The zero-order chi connectivity index (χ0) is 19.7. The van der Waals surface area contributed by atoms with Crippen molar-refractivity contribution in [2.75, 3.05) is 6.54 Å². The molecule has 0 N–H and O–H groups in total. The van der Waals surface area contributed by atoms with E-state index in [0.29, 0.717) is 23.7 Å². The smallest absolute Gasteiger partial charge is 0.271 e. The van der Waals surface area contributed by atoms with Crippen LogP contribution in [0, 0.1) is 11.3 Å². The molecule has 142 valence electrons. The highest BCUT2D eigenvalue weighted by Gasteiger charge is 2.25. The van der Waals surface area contributed by atoms with Gasteiger partial charge in [0, 0.05) is 43.8 Å². The Morgan fingerprint density at radius 3 is 2.64 bits per heavy atom. The minimum atomic E-state index is 0.0722. The maximum absolute atomic E-state index is 13.1. The zero-order valence-corrected chi connectivity index (χ0v) is 16.5. The molecule has 4 rings (SSSR count). The van der Waals surface area contributed by atoms with Crippen molar-refractivity contribution in [2.24, 2.45) is 7.05 Å². The molecule has 1 aliphatic heterocycles. The van der Waals surface area contributed by atoms with E-state index in [9.17, 15) is 4.79 Å². The third-order valence-electron chi connectivity index (χ3n) is 5.35. The molecule has 2 aromatic carbocycles. The summed E-state index contributed by atoms with van der Waals surface area (Å²) in [6, 6.07) is 17.5. The monoisotopic (exact) mass is 392 g/mol. The summed E-state index contributed by atoms with van der Waals surface area (Å²) in [5.41, 5.74) is 4.87. The predicted molar refractivity (Wildman–Crippen MR) is 109 cm³/mol. The lowest BCUT2D eigenvalue weighted by atomic mass is 10.1. The molecule has 0 radical (unpaired) electrons. The SMILES string of the molecule is Cn1c2c(c(=O)n1Cc1ccc(Cl)cc1)CN(Cc1cccc(C#N)c1)CC2. The van der Waals surface area contributed by atoms with Crippen LogP contribution in [-0.2, 0) is 33.1 Å². The first-order valence-electron chi connectivity index (χ1n) is 9.28. The Morgan fingerprint density at radius 1 is 1.11 bits per heavy atom.